The molecule has 1 amide bonds. The molecule has 3 N–H and O–H groups in total. The topological polar surface area (TPSA) is 65.1 Å². The van der Waals surface area contributed by atoms with Gasteiger partial charge in [0.25, 0.3) is 5.91 Å². The molecule has 0 radical (unpaired) electrons. The van der Waals surface area contributed by atoms with Crippen molar-refractivity contribution >= 4 is 17.5 Å². The van der Waals surface area contributed by atoms with Gasteiger partial charge in [0.05, 0.1) is 11.6 Å². The number of hydrogen-bond donors (Lipinski definition) is 3. The Labute approximate surface area is 80.9 Å². The first-order valence-electron chi connectivity index (χ1n) is 3.89. The van der Waals surface area contributed by atoms with Crippen LogP contribution in [-0.2, 0) is 0 Å². The van der Waals surface area contributed by atoms with Crippen molar-refractivity contribution in [2.75, 3.05) is 6.61 Å². The van der Waals surface area contributed by atoms with E-state index in [2.05, 4.69) is 10.3 Å². The van der Waals surface area contributed by atoms with Crippen LogP contribution in [0.3, 0.4) is 0 Å². The average Bonchev–Trinajstić information content (AvgIpc) is 2.51. The van der Waals surface area contributed by atoms with E-state index in [0.717, 1.165) is 0 Å². The van der Waals surface area contributed by atoms with Crippen LogP contribution in [0, 0.1) is 0 Å². The highest BCUT2D eigenvalue weighted by Gasteiger charge is 2.10. The van der Waals surface area contributed by atoms with Gasteiger partial charge < -0.3 is 15.4 Å². The number of aliphatic hydroxyl groups excluding tert-OH is 1. The predicted molar refractivity (Wildman–Crippen MR) is 49.8 cm³/mol. The summed E-state index contributed by atoms with van der Waals surface area (Å²) in [6.45, 7) is 1.63. The first-order chi connectivity index (χ1) is 6.13. The van der Waals surface area contributed by atoms with E-state index in [-0.39, 0.29) is 18.6 Å². The number of carbonyl (C=O) groups is 1. The molecule has 1 heterocycles. The maximum absolute atomic E-state index is 11.3. The van der Waals surface area contributed by atoms with Crippen LogP contribution in [0.5, 0.6) is 0 Å². The van der Waals surface area contributed by atoms with Crippen molar-refractivity contribution in [3.63, 3.8) is 0 Å². The Bertz CT molecular complexity index is 298. The molecule has 0 saturated carbocycles. The molecule has 0 aliphatic carbocycles. The summed E-state index contributed by atoms with van der Waals surface area (Å²) >= 11 is 5.61. The van der Waals surface area contributed by atoms with E-state index in [9.17, 15) is 4.79 Å². The Kier molecular flexibility index (Phi) is 3.33. The molecular formula is C8H11ClN2O2. The van der Waals surface area contributed by atoms with Gasteiger partial charge in [-0.1, -0.05) is 11.6 Å². The third-order valence-electron chi connectivity index (χ3n) is 1.54. The second kappa shape index (κ2) is 4.30. The number of aromatic amines is 1. The van der Waals surface area contributed by atoms with Gasteiger partial charge in [-0.15, -0.1) is 0 Å². The number of H-pyrrole nitrogens is 1. The van der Waals surface area contributed by atoms with E-state index >= 15 is 0 Å². The normalized spacial score (nSPS) is 12.5. The van der Waals surface area contributed by atoms with Gasteiger partial charge in [-0.25, -0.2) is 0 Å². The van der Waals surface area contributed by atoms with Crippen LogP contribution in [0.4, 0.5) is 0 Å². The van der Waals surface area contributed by atoms with Crippen LogP contribution in [0.2, 0.25) is 5.02 Å². The van der Waals surface area contributed by atoms with Crippen LogP contribution in [0.25, 0.3) is 0 Å². The van der Waals surface area contributed by atoms with E-state index in [4.69, 9.17) is 16.7 Å². The third kappa shape index (κ3) is 2.75. The van der Waals surface area contributed by atoms with Crippen molar-refractivity contribution in [3.05, 3.63) is 23.0 Å². The van der Waals surface area contributed by atoms with Gasteiger partial charge in [0.2, 0.25) is 0 Å². The highest BCUT2D eigenvalue weighted by atomic mass is 35.5. The smallest absolute Gasteiger partial charge is 0.268 e. The molecule has 0 aliphatic rings. The van der Waals surface area contributed by atoms with Gasteiger partial charge in [-0.05, 0) is 13.0 Å². The van der Waals surface area contributed by atoms with Crippen molar-refractivity contribution in [3.8, 4) is 0 Å². The maximum Gasteiger partial charge on any atom is 0.268 e. The molecule has 13 heavy (non-hydrogen) atoms. The standard InChI is InChI=1S/C8H11ClN2O2/c1-5(4-12)11-8(13)7-2-6(9)3-10-7/h2-3,5,10,12H,4H2,1H3,(H,11,13)/t5-/m0/s1. The summed E-state index contributed by atoms with van der Waals surface area (Å²) in [7, 11) is 0. The Morgan fingerprint density at radius 1 is 1.85 bits per heavy atom. The lowest BCUT2D eigenvalue weighted by Gasteiger charge is -2.08. The fraction of sp³-hybridized carbons (Fsp3) is 0.375. The Hall–Kier alpha value is -1.00. The molecule has 0 aliphatic heterocycles. The average molecular weight is 203 g/mol. The zero-order chi connectivity index (χ0) is 9.84. The molecule has 1 aromatic heterocycles. The lowest BCUT2D eigenvalue weighted by atomic mass is 10.3. The highest BCUT2D eigenvalue weighted by Crippen LogP contribution is 2.09. The number of aliphatic hydroxyl groups is 1. The fourth-order valence-electron chi connectivity index (χ4n) is 0.846. The van der Waals surface area contributed by atoms with E-state index in [1.165, 1.54) is 12.3 Å². The molecule has 1 atom stereocenters. The highest BCUT2D eigenvalue weighted by molar-refractivity contribution is 6.30. The number of rotatable bonds is 3. The molecule has 1 aromatic rings. The Balaban J connectivity index is 2.58. The zero-order valence-electron chi connectivity index (χ0n) is 7.17. The lowest BCUT2D eigenvalue weighted by molar-refractivity contribution is 0.0918. The molecule has 72 valence electrons. The van der Waals surface area contributed by atoms with Gasteiger partial charge in [-0.2, -0.15) is 0 Å². The number of nitrogens with one attached hydrogen (secondary N) is 2. The van der Waals surface area contributed by atoms with E-state index in [0.29, 0.717) is 10.7 Å². The number of hydrogen-bond acceptors (Lipinski definition) is 2. The first-order valence-corrected chi connectivity index (χ1v) is 4.27. The van der Waals surface area contributed by atoms with Crippen LogP contribution in [0.1, 0.15) is 17.4 Å². The monoisotopic (exact) mass is 202 g/mol. The van der Waals surface area contributed by atoms with Crippen molar-refractivity contribution in [1.82, 2.24) is 10.3 Å². The summed E-state index contributed by atoms with van der Waals surface area (Å²) in [5.74, 6) is -0.270. The van der Waals surface area contributed by atoms with Gasteiger partial charge in [0.1, 0.15) is 5.69 Å². The molecule has 0 spiro atoms. The van der Waals surface area contributed by atoms with E-state index in [1.54, 1.807) is 6.92 Å². The Morgan fingerprint density at radius 3 is 3.00 bits per heavy atom. The summed E-state index contributed by atoms with van der Waals surface area (Å²) in [4.78, 5) is 14.0. The minimum Gasteiger partial charge on any atom is -0.394 e. The predicted octanol–water partition coefficient (Wildman–Crippen LogP) is 0.779. The first kappa shape index (κ1) is 10.1. The minimum absolute atomic E-state index is 0.0832. The van der Waals surface area contributed by atoms with Crippen LogP contribution < -0.4 is 5.32 Å². The largest absolute Gasteiger partial charge is 0.394 e. The number of aromatic nitrogens is 1. The quantitative estimate of drug-likeness (QED) is 0.678. The molecule has 4 nitrogen and oxygen atoms in total. The molecule has 0 bridgehead atoms. The van der Waals surface area contributed by atoms with Gasteiger partial charge >= 0.3 is 0 Å². The second-order valence-corrected chi connectivity index (χ2v) is 3.23. The number of halogens is 1. The van der Waals surface area contributed by atoms with Crippen LogP contribution in [0.15, 0.2) is 12.3 Å². The molecule has 1 rings (SSSR count). The van der Waals surface area contributed by atoms with E-state index < -0.39 is 0 Å². The van der Waals surface area contributed by atoms with Crippen LogP contribution in [-0.4, -0.2) is 28.6 Å². The van der Waals surface area contributed by atoms with Crippen molar-refractivity contribution < 1.29 is 9.90 Å². The lowest BCUT2D eigenvalue weighted by Crippen LogP contribution is -2.35. The summed E-state index contributed by atoms with van der Waals surface area (Å²) < 4.78 is 0. The summed E-state index contributed by atoms with van der Waals surface area (Å²) in [6.07, 6.45) is 1.53. The van der Waals surface area contributed by atoms with Gasteiger partial charge in [0, 0.05) is 12.2 Å². The molecule has 0 aromatic carbocycles. The van der Waals surface area contributed by atoms with Crippen LogP contribution >= 0.6 is 11.6 Å². The molecule has 0 fully saturated rings. The molecule has 0 unspecified atom stereocenters. The van der Waals surface area contributed by atoms with Crippen molar-refractivity contribution in [2.24, 2.45) is 0 Å². The van der Waals surface area contributed by atoms with Gasteiger partial charge in [-0.3, -0.25) is 4.79 Å². The Morgan fingerprint density at radius 2 is 2.54 bits per heavy atom. The SMILES string of the molecule is C[C@@H](CO)NC(=O)c1cc(Cl)c[nH]1. The summed E-state index contributed by atoms with van der Waals surface area (Å²) in [6, 6.07) is 1.27. The van der Waals surface area contributed by atoms with Gasteiger partial charge in [0.15, 0.2) is 0 Å². The fourth-order valence-corrected chi connectivity index (χ4v) is 1.01. The number of amides is 1. The third-order valence-corrected chi connectivity index (χ3v) is 1.76. The van der Waals surface area contributed by atoms with Crippen molar-refractivity contribution in [2.45, 2.75) is 13.0 Å². The molecule has 0 saturated heterocycles. The maximum atomic E-state index is 11.3. The molecular weight excluding hydrogens is 192 g/mol. The minimum atomic E-state index is -0.270. The van der Waals surface area contributed by atoms with E-state index in [1.807, 2.05) is 0 Å². The zero-order valence-corrected chi connectivity index (χ0v) is 7.93. The number of carbonyl (C=O) groups excluding carboxylic acids is 1. The van der Waals surface area contributed by atoms with Crippen molar-refractivity contribution in [1.29, 1.82) is 0 Å². The summed E-state index contributed by atoms with van der Waals surface area (Å²) in [5.41, 5.74) is 0.394. The second-order valence-electron chi connectivity index (χ2n) is 2.79. The summed E-state index contributed by atoms with van der Waals surface area (Å²) in [5, 5.41) is 11.8. The molecule has 5 heteroatoms.